The Kier molecular flexibility index (Phi) is 6.40. The molecule has 4 rings (SSSR count). The van der Waals surface area contributed by atoms with E-state index in [1.54, 1.807) is 13.8 Å². The molecule has 3 aromatic rings. The zero-order valence-corrected chi connectivity index (χ0v) is 18.9. The minimum atomic E-state index is -1.03. The van der Waals surface area contributed by atoms with E-state index in [1.165, 1.54) is 0 Å². The van der Waals surface area contributed by atoms with Gasteiger partial charge < -0.3 is 24.1 Å². The molecule has 0 saturated carbocycles. The molecule has 1 unspecified atom stereocenters. The molecule has 1 fully saturated rings. The van der Waals surface area contributed by atoms with E-state index in [4.69, 9.17) is 18.9 Å². The molecule has 1 aliphatic heterocycles. The Labute approximate surface area is 193 Å². The Balaban J connectivity index is 1.48. The molecule has 0 aliphatic carbocycles. The highest BCUT2D eigenvalue weighted by atomic mass is 16.6. The van der Waals surface area contributed by atoms with Crippen LogP contribution in [0.3, 0.4) is 0 Å². The highest BCUT2D eigenvalue weighted by Crippen LogP contribution is 2.33. The maximum Gasteiger partial charge on any atom is 0.333 e. The van der Waals surface area contributed by atoms with Crippen molar-refractivity contribution in [2.45, 2.75) is 20.1 Å². The van der Waals surface area contributed by atoms with Crippen LogP contribution in [0.15, 0.2) is 72.8 Å². The molecule has 0 spiro atoms. The van der Waals surface area contributed by atoms with E-state index in [1.807, 2.05) is 48.5 Å². The maximum absolute atomic E-state index is 11.7. The Morgan fingerprint density at radius 1 is 1.00 bits per heavy atom. The van der Waals surface area contributed by atoms with E-state index in [0.717, 1.165) is 27.3 Å². The number of carbonyl (C=O) groups is 1. The van der Waals surface area contributed by atoms with E-state index in [0.29, 0.717) is 36.7 Å². The highest BCUT2D eigenvalue weighted by Gasteiger charge is 2.41. The van der Waals surface area contributed by atoms with E-state index in [9.17, 15) is 9.90 Å². The van der Waals surface area contributed by atoms with Crippen LogP contribution in [0, 0.1) is 5.41 Å². The van der Waals surface area contributed by atoms with Crippen molar-refractivity contribution < 1.29 is 28.8 Å². The monoisotopic (exact) mass is 448 g/mol. The lowest BCUT2D eigenvalue weighted by Crippen LogP contribution is -2.51. The molecule has 3 aromatic carbocycles. The summed E-state index contributed by atoms with van der Waals surface area (Å²) < 4.78 is 22.3. The first-order chi connectivity index (χ1) is 15.8. The lowest BCUT2D eigenvalue weighted by Gasteiger charge is -2.40. The van der Waals surface area contributed by atoms with Crippen molar-refractivity contribution in [3.05, 3.63) is 72.8 Å². The fourth-order valence-electron chi connectivity index (χ4n) is 3.60. The number of hydrogen-bond acceptors (Lipinski definition) is 6. The van der Waals surface area contributed by atoms with Crippen LogP contribution >= 0.6 is 0 Å². The Morgan fingerprint density at radius 2 is 1.61 bits per heavy atom. The first-order valence-corrected chi connectivity index (χ1v) is 10.8. The van der Waals surface area contributed by atoms with Crippen LogP contribution < -0.4 is 9.47 Å². The van der Waals surface area contributed by atoms with E-state index >= 15 is 0 Å². The molecule has 172 valence electrons. The molecule has 1 heterocycles. The Morgan fingerprint density at radius 3 is 2.15 bits per heavy atom. The van der Waals surface area contributed by atoms with Crippen LogP contribution in [-0.2, 0) is 14.3 Å². The lowest BCUT2D eigenvalue weighted by atomic mass is 9.88. The average molecular weight is 449 g/mol. The number of benzene rings is 3. The van der Waals surface area contributed by atoms with Crippen molar-refractivity contribution in [2.24, 2.45) is 5.41 Å². The van der Waals surface area contributed by atoms with Gasteiger partial charge in [0.2, 0.25) is 6.29 Å². The van der Waals surface area contributed by atoms with E-state index < -0.39 is 12.3 Å². The molecule has 1 N–H and O–H groups in total. The third kappa shape index (κ3) is 5.02. The van der Waals surface area contributed by atoms with Gasteiger partial charge in [0.1, 0.15) is 24.7 Å². The van der Waals surface area contributed by atoms with Crippen LogP contribution in [0.4, 0.5) is 0 Å². The van der Waals surface area contributed by atoms with Gasteiger partial charge >= 0.3 is 5.97 Å². The average Bonchev–Trinajstić information content (AvgIpc) is 2.77. The number of carbonyl (C=O) groups excluding carboxylic acids is 1. The van der Waals surface area contributed by atoms with Gasteiger partial charge in [0.15, 0.2) is 0 Å². The van der Waals surface area contributed by atoms with Gasteiger partial charge in [0.05, 0.1) is 18.6 Å². The summed E-state index contributed by atoms with van der Waals surface area (Å²) >= 11 is 0. The molecule has 0 bridgehead atoms. The Bertz CT molecular complexity index is 1220. The van der Waals surface area contributed by atoms with Gasteiger partial charge in [-0.05, 0) is 65.2 Å². The van der Waals surface area contributed by atoms with Crippen molar-refractivity contribution >= 4 is 27.5 Å². The molecule has 1 saturated heterocycles. The van der Waals surface area contributed by atoms with Gasteiger partial charge in [-0.2, -0.15) is 0 Å². The second-order valence-corrected chi connectivity index (χ2v) is 8.79. The topological polar surface area (TPSA) is 74.2 Å². The van der Waals surface area contributed by atoms with Crippen LogP contribution in [0.5, 0.6) is 11.5 Å². The van der Waals surface area contributed by atoms with Gasteiger partial charge in [-0.1, -0.05) is 37.4 Å². The van der Waals surface area contributed by atoms with Gasteiger partial charge in [-0.25, -0.2) is 4.79 Å². The van der Waals surface area contributed by atoms with Crippen molar-refractivity contribution in [1.29, 1.82) is 0 Å². The van der Waals surface area contributed by atoms with Gasteiger partial charge in [-0.3, -0.25) is 0 Å². The predicted octanol–water partition coefficient (Wildman–Crippen LogP) is 4.78. The number of esters is 1. The summed E-state index contributed by atoms with van der Waals surface area (Å²) in [5, 5.41) is 14.1. The van der Waals surface area contributed by atoms with Crippen LogP contribution in [0.1, 0.15) is 13.8 Å². The zero-order chi connectivity index (χ0) is 23.6. The first-order valence-electron chi connectivity index (χ1n) is 10.8. The largest absolute Gasteiger partial charge is 0.493 e. The number of rotatable bonds is 9. The molecule has 1 atom stereocenters. The third-order valence-electron chi connectivity index (χ3n) is 5.67. The fourth-order valence-corrected chi connectivity index (χ4v) is 3.60. The van der Waals surface area contributed by atoms with Crippen molar-refractivity contribution in [3.8, 4) is 11.5 Å². The molecule has 6 heteroatoms. The second kappa shape index (κ2) is 9.25. The molecule has 0 amide bonds. The summed E-state index contributed by atoms with van der Waals surface area (Å²) in [7, 11) is 0. The van der Waals surface area contributed by atoms with E-state index in [-0.39, 0.29) is 12.0 Å². The number of ether oxygens (including phenoxy) is 4. The summed E-state index contributed by atoms with van der Waals surface area (Å²) in [5.41, 5.74) is 0.581. The summed E-state index contributed by atoms with van der Waals surface area (Å²) in [4.78, 5) is 11.7. The minimum Gasteiger partial charge on any atom is -0.493 e. The lowest BCUT2D eigenvalue weighted by molar-refractivity contribution is -0.174. The van der Waals surface area contributed by atoms with Crippen LogP contribution in [0.2, 0.25) is 0 Å². The normalized spacial score (nSPS) is 15.5. The molecular weight excluding hydrogens is 420 g/mol. The van der Waals surface area contributed by atoms with Gasteiger partial charge in [0.25, 0.3) is 0 Å². The molecule has 1 aliphatic rings. The highest BCUT2D eigenvalue weighted by molar-refractivity contribution is 6.08. The third-order valence-corrected chi connectivity index (χ3v) is 5.67. The summed E-state index contributed by atoms with van der Waals surface area (Å²) in [6.45, 7) is 12.3. The molecular formula is C27H28O6. The SMILES string of the molecule is C=C(C)C(=O)OCC1(COc2ccc3c(ccc4cc(OC(O)C(=C)C)ccc43)c2)COC1. The zero-order valence-electron chi connectivity index (χ0n) is 18.9. The van der Waals surface area contributed by atoms with Crippen LogP contribution in [-0.4, -0.2) is 43.8 Å². The Hall–Kier alpha value is -3.35. The fraction of sp³-hybridized carbons (Fsp3) is 0.296. The number of hydrogen-bond donors (Lipinski definition) is 1. The number of aliphatic hydroxyl groups excluding tert-OH is 1. The quantitative estimate of drug-likeness (QED) is 0.167. The maximum atomic E-state index is 11.7. The molecule has 0 aromatic heterocycles. The van der Waals surface area contributed by atoms with Gasteiger partial charge in [-0.15, -0.1) is 0 Å². The standard InChI is InChI=1S/C27H28O6/c1-17(2)25(28)32-16-27(13-30-14-27)15-31-21-7-9-23-19(11-21)5-6-20-12-22(8-10-24(20)23)33-26(29)18(3)4/h5-12,26,29H,1,3,13-16H2,2,4H3. The summed E-state index contributed by atoms with van der Waals surface area (Å²) in [6.07, 6.45) is -1.03. The van der Waals surface area contributed by atoms with Crippen LogP contribution in [0.25, 0.3) is 21.5 Å². The number of aliphatic hydroxyl groups is 1. The van der Waals surface area contributed by atoms with Crippen molar-refractivity contribution in [1.82, 2.24) is 0 Å². The van der Waals surface area contributed by atoms with Crippen molar-refractivity contribution in [2.75, 3.05) is 26.4 Å². The number of fused-ring (bicyclic) bond motifs is 3. The smallest absolute Gasteiger partial charge is 0.333 e. The van der Waals surface area contributed by atoms with Gasteiger partial charge in [0, 0.05) is 5.57 Å². The first kappa shape index (κ1) is 22.8. The molecule has 0 radical (unpaired) electrons. The summed E-state index contributed by atoms with van der Waals surface area (Å²) in [5.74, 6) is 0.920. The molecule has 6 nitrogen and oxygen atoms in total. The minimum absolute atomic E-state index is 0.237. The predicted molar refractivity (Wildman–Crippen MR) is 127 cm³/mol. The van der Waals surface area contributed by atoms with E-state index in [2.05, 4.69) is 13.2 Å². The summed E-state index contributed by atoms with van der Waals surface area (Å²) in [6, 6.07) is 15.7. The van der Waals surface area contributed by atoms with Crippen molar-refractivity contribution in [3.63, 3.8) is 0 Å². The molecule has 33 heavy (non-hydrogen) atoms. The second-order valence-electron chi connectivity index (χ2n) is 8.79.